The molecule has 0 aliphatic carbocycles. The van der Waals surface area contributed by atoms with E-state index in [9.17, 15) is 9.59 Å². The van der Waals surface area contributed by atoms with Crippen LogP contribution in [-0.4, -0.2) is 25.5 Å². The first-order valence-electron chi connectivity index (χ1n) is 8.70. The molecule has 0 unspecified atom stereocenters. The zero-order valence-corrected chi connectivity index (χ0v) is 16.6. The number of amides is 2. The Morgan fingerprint density at radius 2 is 2.04 bits per heavy atom. The first-order valence-corrected chi connectivity index (χ1v) is 9.96. The van der Waals surface area contributed by atoms with Crippen LogP contribution in [0, 0.1) is 0 Å². The predicted octanol–water partition coefficient (Wildman–Crippen LogP) is 4.87. The molecule has 0 saturated heterocycles. The van der Waals surface area contributed by atoms with Crippen LogP contribution in [0.2, 0.25) is 5.02 Å². The minimum absolute atomic E-state index is 0.0197. The number of hydrogen-bond donors (Lipinski definition) is 1. The summed E-state index contributed by atoms with van der Waals surface area (Å²) in [5, 5.41) is 5.21. The van der Waals surface area contributed by atoms with E-state index in [1.54, 1.807) is 23.1 Å². The molecule has 2 amide bonds. The number of benzene rings is 2. The van der Waals surface area contributed by atoms with Crippen LogP contribution in [0.15, 0.2) is 53.9 Å². The number of rotatable bonds is 4. The first kappa shape index (κ1) is 18.5. The van der Waals surface area contributed by atoms with Gasteiger partial charge in [-0.15, -0.1) is 11.3 Å². The van der Waals surface area contributed by atoms with Crippen LogP contribution in [0.4, 0.5) is 11.4 Å². The smallest absolute Gasteiger partial charge is 0.268 e. The SMILES string of the molecule is COc1ccc(Cl)cc1C(=O)Nc1ccc2c(c1)N(C(=O)c1cccs1)CC2. The second-order valence-corrected chi connectivity index (χ2v) is 7.71. The molecule has 1 aliphatic heterocycles. The zero-order chi connectivity index (χ0) is 19.7. The second kappa shape index (κ2) is 7.66. The number of nitrogens with one attached hydrogen (secondary N) is 1. The van der Waals surface area contributed by atoms with Gasteiger partial charge in [0.25, 0.3) is 11.8 Å². The first-order chi connectivity index (χ1) is 13.6. The third kappa shape index (κ3) is 3.48. The number of methoxy groups -OCH3 is 1. The van der Waals surface area contributed by atoms with Crippen LogP contribution in [-0.2, 0) is 6.42 Å². The van der Waals surface area contributed by atoms with Gasteiger partial charge in [-0.1, -0.05) is 23.7 Å². The van der Waals surface area contributed by atoms with Crippen molar-refractivity contribution in [3.05, 3.63) is 74.9 Å². The van der Waals surface area contributed by atoms with E-state index in [0.29, 0.717) is 33.4 Å². The Bertz CT molecular complexity index is 1050. The molecule has 5 nitrogen and oxygen atoms in total. The third-order valence-electron chi connectivity index (χ3n) is 4.62. The van der Waals surface area contributed by atoms with Crippen molar-refractivity contribution in [1.82, 2.24) is 0 Å². The number of ether oxygens (including phenoxy) is 1. The Labute approximate surface area is 171 Å². The number of thiophene rings is 1. The van der Waals surface area contributed by atoms with Gasteiger partial charge in [-0.05, 0) is 53.8 Å². The minimum Gasteiger partial charge on any atom is -0.496 e. The predicted molar refractivity (Wildman–Crippen MR) is 112 cm³/mol. The van der Waals surface area contributed by atoms with Gasteiger partial charge in [0.15, 0.2) is 0 Å². The highest BCUT2D eigenvalue weighted by Crippen LogP contribution is 2.33. The van der Waals surface area contributed by atoms with Gasteiger partial charge in [-0.3, -0.25) is 9.59 Å². The molecule has 142 valence electrons. The summed E-state index contributed by atoms with van der Waals surface area (Å²) in [5.41, 5.74) is 2.87. The molecule has 3 aromatic rings. The fourth-order valence-electron chi connectivity index (χ4n) is 3.26. The highest BCUT2D eigenvalue weighted by molar-refractivity contribution is 7.12. The van der Waals surface area contributed by atoms with Gasteiger partial charge in [0, 0.05) is 22.9 Å². The molecule has 4 rings (SSSR count). The molecule has 1 aliphatic rings. The molecule has 0 fully saturated rings. The number of nitrogens with zero attached hydrogens (tertiary/aromatic N) is 1. The van der Waals surface area contributed by atoms with Gasteiger partial charge < -0.3 is 15.0 Å². The van der Waals surface area contributed by atoms with E-state index in [2.05, 4.69) is 5.32 Å². The topological polar surface area (TPSA) is 58.6 Å². The Balaban J connectivity index is 1.60. The molecule has 0 radical (unpaired) electrons. The summed E-state index contributed by atoms with van der Waals surface area (Å²) in [4.78, 5) is 27.9. The maximum Gasteiger partial charge on any atom is 0.268 e. The number of carbonyl (C=O) groups excluding carboxylic acids is 2. The third-order valence-corrected chi connectivity index (χ3v) is 5.71. The normalized spacial score (nSPS) is 12.6. The molecule has 0 bridgehead atoms. The van der Waals surface area contributed by atoms with E-state index in [1.807, 2.05) is 35.7 Å². The Morgan fingerprint density at radius 3 is 2.79 bits per heavy atom. The Morgan fingerprint density at radius 1 is 1.18 bits per heavy atom. The second-order valence-electron chi connectivity index (χ2n) is 6.33. The number of hydrogen-bond acceptors (Lipinski definition) is 4. The standard InChI is InChI=1S/C21H17ClN2O3S/c1-27-18-7-5-14(22)11-16(18)20(25)23-15-6-4-13-8-9-24(17(13)12-15)21(26)19-3-2-10-28-19/h2-7,10-12H,8-9H2,1H3,(H,23,25). The lowest BCUT2D eigenvalue weighted by molar-refractivity contribution is 0.0991. The van der Waals surface area contributed by atoms with E-state index < -0.39 is 0 Å². The highest BCUT2D eigenvalue weighted by atomic mass is 35.5. The van der Waals surface area contributed by atoms with Crippen molar-refractivity contribution in [2.75, 3.05) is 23.9 Å². The average molecular weight is 413 g/mol. The van der Waals surface area contributed by atoms with Gasteiger partial charge in [0.2, 0.25) is 0 Å². The molecular weight excluding hydrogens is 396 g/mol. The molecule has 28 heavy (non-hydrogen) atoms. The van der Waals surface area contributed by atoms with E-state index >= 15 is 0 Å². The van der Waals surface area contributed by atoms with Gasteiger partial charge >= 0.3 is 0 Å². The molecule has 2 aromatic carbocycles. The summed E-state index contributed by atoms with van der Waals surface area (Å²) >= 11 is 7.44. The number of fused-ring (bicyclic) bond motifs is 1. The summed E-state index contributed by atoms with van der Waals surface area (Å²) in [6.45, 7) is 0.631. The highest BCUT2D eigenvalue weighted by Gasteiger charge is 2.26. The van der Waals surface area contributed by atoms with E-state index in [1.165, 1.54) is 18.4 Å². The van der Waals surface area contributed by atoms with Gasteiger partial charge in [0.1, 0.15) is 5.75 Å². The summed E-state index contributed by atoms with van der Waals surface area (Å²) in [5.74, 6) is 0.0970. The molecule has 0 atom stereocenters. The van der Waals surface area contributed by atoms with Crippen molar-refractivity contribution < 1.29 is 14.3 Å². The van der Waals surface area contributed by atoms with Crippen molar-refractivity contribution in [2.45, 2.75) is 6.42 Å². The van der Waals surface area contributed by atoms with Gasteiger partial charge in [0.05, 0.1) is 17.6 Å². The molecule has 1 aromatic heterocycles. The maximum atomic E-state index is 12.8. The van der Waals surface area contributed by atoms with Crippen molar-refractivity contribution in [1.29, 1.82) is 0 Å². The molecule has 7 heteroatoms. The summed E-state index contributed by atoms with van der Waals surface area (Å²) in [7, 11) is 1.50. The Hall–Kier alpha value is -2.83. The van der Waals surface area contributed by atoms with Crippen LogP contribution in [0.25, 0.3) is 0 Å². The van der Waals surface area contributed by atoms with Gasteiger partial charge in [-0.2, -0.15) is 0 Å². The fourth-order valence-corrected chi connectivity index (χ4v) is 4.10. The Kier molecular flexibility index (Phi) is 5.07. The maximum absolute atomic E-state index is 12.8. The minimum atomic E-state index is -0.326. The van der Waals surface area contributed by atoms with Crippen molar-refractivity contribution in [3.8, 4) is 5.75 Å². The molecule has 0 spiro atoms. The summed E-state index contributed by atoms with van der Waals surface area (Å²) in [6.07, 6.45) is 0.794. The lowest BCUT2D eigenvalue weighted by Crippen LogP contribution is -2.28. The zero-order valence-electron chi connectivity index (χ0n) is 15.1. The monoisotopic (exact) mass is 412 g/mol. The van der Waals surface area contributed by atoms with E-state index in [-0.39, 0.29) is 11.8 Å². The molecule has 0 saturated carbocycles. The lowest BCUT2D eigenvalue weighted by atomic mass is 10.1. The summed E-state index contributed by atoms with van der Waals surface area (Å²) < 4.78 is 5.25. The van der Waals surface area contributed by atoms with Crippen molar-refractivity contribution in [3.63, 3.8) is 0 Å². The van der Waals surface area contributed by atoms with E-state index in [0.717, 1.165) is 17.7 Å². The molecule has 1 N–H and O–H groups in total. The average Bonchev–Trinajstić information content (AvgIpc) is 3.37. The van der Waals surface area contributed by atoms with Gasteiger partial charge in [-0.25, -0.2) is 0 Å². The molecular formula is C21H17ClN2O3S. The number of carbonyl (C=O) groups is 2. The quantitative estimate of drug-likeness (QED) is 0.665. The van der Waals surface area contributed by atoms with Crippen LogP contribution >= 0.6 is 22.9 Å². The number of anilines is 2. The largest absolute Gasteiger partial charge is 0.496 e. The number of halogens is 1. The van der Waals surface area contributed by atoms with Crippen LogP contribution in [0.3, 0.4) is 0 Å². The molecule has 2 heterocycles. The van der Waals surface area contributed by atoms with E-state index in [4.69, 9.17) is 16.3 Å². The van der Waals surface area contributed by atoms with Crippen molar-refractivity contribution >= 4 is 46.1 Å². The lowest BCUT2D eigenvalue weighted by Gasteiger charge is -2.17. The fraction of sp³-hybridized carbons (Fsp3) is 0.143. The van der Waals surface area contributed by atoms with Crippen LogP contribution < -0.4 is 15.0 Å². The summed E-state index contributed by atoms with van der Waals surface area (Å²) in [6, 6.07) is 14.2. The van der Waals surface area contributed by atoms with Crippen LogP contribution in [0.5, 0.6) is 5.75 Å². The van der Waals surface area contributed by atoms with Crippen LogP contribution in [0.1, 0.15) is 25.6 Å². The van der Waals surface area contributed by atoms with Crippen molar-refractivity contribution in [2.24, 2.45) is 0 Å².